The van der Waals surface area contributed by atoms with Gasteiger partial charge in [-0.25, -0.2) is 5.43 Å². The van der Waals surface area contributed by atoms with Gasteiger partial charge in [0, 0.05) is 44.7 Å². The van der Waals surface area contributed by atoms with Gasteiger partial charge < -0.3 is 15.1 Å². The molecule has 6 unspecified atom stereocenters. The molecule has 3 saturated heterocycles. The number of nitrogens with zero attached hydrogens (tertiary/aromatic N) is 2. The third-order valence-electron chi connectivity index (χ3n) is 7.85. The summed E-state index contributed by atoms with van der Waals surface area (Å²) in [5.74, 6) is 1.97. The van der Waals surface area contributed by atoms with Crippen LogP contribution in [0.3, 0.4) is 0 Å². The fourth-order valence-corrected chi connectivity index (χ4v) is 5.99. The van der Waals surface area contributed by atoms with Gasteiger partial charge >= 0.3 is 0 Å². The van der Waals surface area contributed by atoms with Crippen LogP contribution in [0.2, 0.25) is 0 Å². The fraction of sp³-hybridized carbons (Fsp3) is 0.905. The Labute approximate surface area is 167 Å². The average molecular weight is 390 g/mol. The summed E-state index contributed by atoms with van der Waals surface area (Å²) in [4.78, 5) is 30.1. The van der Waals surface area contributed by atoms with Crippen LogP contribution in [0.15, 0.2) is 0 Å². The number of hydrogen-bond acceptors (Lipinski definition) is 5. The Morgan fingerprint density at radius 1 is 1.04 bits per heavy atom. The van der Waals surface area contributed by atoms with Gasteiger partial charge in [0.25, 0.3) is 0 Å². The molecule has 5 rings (SSSR count). The van der Waals surface area contributed by atoms with Crippen molar-refractivity contribution in [1.82, 2.24) is 26.0 Å². The first-order valence-corrected chi connectivity index (χ1v) is 11.4. The molecule has 7 nitrogen and oxygen atoms in total. The van der Waals surface area contributed by atoms with Crippen LogP contribution in [0.4, 0.5) is 0 Å². The summed E-state index contributed by atoms with van der Waals surface area (Å²) >= 11 is 0. The number of rotatable bonds is 4. The quantitative estimate of drug-likeness (QED) is 0.652. The molecule has 3 heterocycles. The number of hydrogen-bond donors (Lipinski definition) is 3. The number of likely N-dealkylation sites (tertiary alicyclic amines) is 1. The van der Waals surface area contributed by atoms with E-state index in [0.29, 0.717) is 24.4 Å². The number of fused-ring (bicyclic) bond motifs is 2. The zero-order valence-electron chi connectivity index (χ0n) is 17.0. The predicted molar refractivity (Wildman–Crippen MR) is 106 cm³/mol. The summed E-state index contributed by atoms with van der Waals surface area (Å²) in [5.41, 5.74) is 6.58. The highest BCUT2D eigenvalue weighted by Gasteiger charge is 2.47. The molecular formula is C21H35N5O2. The van der Waals surface area contributed by atoms with Gasteiger partial charge in [0.15, 0.2) is 0 Å². The molecule has 2 amide bonds. The second kappa shape index (κ2) is 7.58. The van der Waals surface area contributed by atoms with E-state index in [4.69, 9.17) is 0 Å². The maximum atomic E-state index is 13.2. The zero-order chi connectivity index (χ0) is 19.3. The van der Waals surface area contributed by atoms with E-state index in [1.807, 2.05) is 16.8 Å². The summed E-state index contributed by atoms with van der Waals surface area (Å²) in [7, 11) is 1.92. The molecule has 156 valence electrons. The lowest BCUT2D eigenvalue weighted by molar-refractivity contribution is -0.138. The topological polar surface area (TPSA) is 76.7 Å². The Hall–Kier alpha value is -1.18. The van der Waals surface area contributed by atoms with Gasteiger partial charge in [-0.1, -0.05) is 12.8 Å². The lowest BCUT2D eigenvalue weighted by atomic mass is 9.84. The van der Waals surface area contributed by atoms with Gasteiger partial charge in [0.1, 0.15) is 6.04 Å². The molecule has 0 radical (unpaired) electrons. The lowest BCUT2D eigenvalue weighted by Crippen LogP contribution is -2.55. The third kappa shape index (κ3) is 3.57. The van der Waals surface area contributed by atoms with E-state index in [-0.39, 0.29) is 35.9 Å². The second-order valence-electron chi connectivity index (χ2n) is 9.88. The van der Waals surface area contributed by atoms with Gasteiger partial charge in [-0.05, 0) is 50.4 Å². The number of carbonyl (C=O) groups excluding carboxylic acids is 2. The Bertz CT molecular complexity index is 610. The summed E-state index contributed by atoms with van der Waals surface area (Å²) in [5, 5.41) is 3.63. The van der Waals surface area contributed by atoms with Crippen molar-refractivity contribution in [2.45, 2.75) is 75.5 Å². The normalized spacial score (nSPS) is 40.1. The fourth-order valence-electron chi connectivity index (χ4n) is 5.99. The zero-order valence-corrected chi connectivity index (χ0v) is 17.0. The van der Waals surface area contributed by atoms with E-state index in [9.17, 15) is 9.59 Å². The second-order valence-corrected chi connectivity index (χ2v) is 9.88. The van der Waals surface area contributed by atoms with E-state index in [1.54, 1.807) is 0 Å². The van der Waals surface area contributed by atoms with Crippen molar-refractivity contribution in [1.29, 1.82) is 0 Å². The average Bonchev–Trinajstić information content (AvgIpc) is 3.27. The Morgan fingerprint density at radius 2 is 1.86 bits per heavy atom. The monoisotopic (exact) mass is 389 g/mol. The molecule has 0 bridgehead atoms. The van der Waals surface area contributed by atoms with Crippen molar-refractivity contribution in [3.8, 4) is 0 Å². The van der Waals surface area contributed by atoms with Crippen LogP contribution >= 0.6 is 0 Å². The molecule has 3 aliphatic heterocycles. The summed E-state index contributed by atoms with van der Waals surface area (Å²) < 4.78 is 0. The van der Waals surface area contributed by atoms with E-state index in [0.717, 1.165) is 25.9 Å². The van der Waals surface area contributed by atoms with Gasteiger partial charge in [-0.15, -0.1) is 0 Å². The maximum Gasteiger partial charge on any atom is 0.241 e. The van der Waals surface area contributed by atoms with E-state index in [1.165, 1.54) is 38.5 Å². The minimum atomic E-state index is -0.219. The highest BCUT2D eigenvalue weighted by Crippen LogP contribution is 2.35. The number of carbonyl (C=O) groups is 2. The van der Waals surface area contributed by atoms with Crippen molar-refractivity contribution >= 4 is 11.8 Å². The van der Waals surface area contributed by atoms with E-state index >= 15 is 0 Å². The predicted octanol–water partition coefficient (Wildman–Crippen LogP) is 0.469. The number of hydrazine groups is 1. The molecule has 0 aromatic carbocycles. The van der Waals surface area contributed by atoms with Crippen molar-refractivity contribution < 1.29 is 9.59 Å². The van der Waals surface area contributed by atoms with Gasteiger partial charge in [0.2, 0.25) is 11.8 Å². The molecule has 2 aliphatic carbocycles. The molecular weight excluding hydrogens is 354 g/mol. The summed E-state index contributed by atoms with van der Waals surface area (Å²) in [6.07, 6.45) is 9.50. The van der Waals surface area contributed by atoms with Gasteiger partial charge in [-0.3, -0.25) is 15.0 Å². The minimum absolute atomic E-state index is 0.0151. The van der Waals surface area contributed by atoms with Crippen LogP contribution in [-0.4, -0.2) is 72.5 Å². The van der Waals surface area contributed by atoms with Crippen molar-refractivity contribution in [2.24, 2.45) is 17.8 Å². The molecule has 5 fully saturated rings. The molecule has 0 spiro atoms. The standard InChI is InChI=1S/C21H35N5O2/c1-25(11-13-6-7-13)21(28)19-15-12-26(9-8-17(15)23-24-19)20(27)18-10-14-4-2-3-5-16(14)22-18/h13-19,22-24H,2-12H2,1H3. The van der Waals surface area contributed by atoms with E-state index in [2.05, 4.69) is 16.2 Å². The van der Waals surface area contributed by atoms with Gasteiger partial charge in [-0.2, -0.15) is 0 Å². The SMILES string of the molecule is CN(CC1CC1)C(=O)C1NNC2CCN(C(=O)C3CC4CCCCC4N3)CC21. The number of likely N-dealkylation sites (N-methyl/N-ethyl adjacent to an activating group) is 1. The summed E-state index contributed by atoms with van der Waals surface area (Å²) in [6.45, 7) is 2.34. The number of amides is 2. The first-order chi connectivity index (χ1) is 13.6. The number of piperidine rings is 1. The van der Waals surface area contributed by atoms with Crippen LogP contribution in [-0.2, 0) is 9.59 Å². The molecule has 7 heteroatoms. The van der Waals surface area contributed by atoms with Crippen molar-refractivity contribution in [3.63, 3.8) is 0 Å². The van der Waals surface area contributed by atoms with Crippen LogP contribution in [0.1, 0.15) is 51.4 Å². The maximum absolute atomic E-state index is 13.2. The first-order valence-electron chi connectivity index (χ1n) is 11.4. The van der Waals surface area contributed by atoms with Crippen LogP contribution in [0, 0.1) is 17.8 Å². The Morgan fingerprint density at radius 3 is 2.64 bits per heavy atom. The molecule has 2 saturated carbocycles. The van der Waals surface area contributed by atoms with Crippen LogP contribution < -0.4 is 16.2 Å². The molecule has 28 heavy (non-hydrogen) atoms. The smallest absolute Gasteiger partial charge is 0.241 e. The first kappa shape index (κ1) is 18.8. The van der Waals surface area contributed by atoms with Crippen LogP contribution in [0.5, 0.6) is 0 Å². The van der Waals surface area contributed by atoms with Crippen molar-refractivity contribution in [2.75, 3.05) is 26.7 Å². The Kier molecular flexibility index (Phi) is 5.09. The van der Waals surface area contributed by atoms with Crippen LogP contribution in [0.25, 0.3) is 0 Å². The van der Waals surface area contributed by atoms with Crippen molar-refractivity contribution in [3.05, 3.63) is 0 Å². The Balaban J connectivity index is 1.21. The lowest BCUT2D eigenvalue weighted by Gasteiger charge is -2.37. The minimum Gasteiger partial charge on any atom is -0.344 e. The molecule has 5 aliphatic rings. The molecule has 0 aromatic heterocycles. The van der Waals surface area contributed by atoms with Gasteiger partial charge in [0.05, 0.1) is 6.04 Å². The number of nitrogens with one attached hydrogen (secondary N) is 3. The summed E-state index contributed by atoms with van der Waals surface area (Å²) in [6, 6.07) is 0.592. The molecule has 3 N–H and O–H groups in total. The molecule has 0 aromatic rings. The molecule has 6 atom stereocenters. The highest BCUT2D eigenvalue weighted by atomic mass is 16.2. The highest BCUT2D eigenvalue weighted by molar-refractivity contribution is 5.84. The largest absolute Gasteiger partial charge is 0.344 e. The third-order valence-corrected chi connectivity index (χ3v) is 7.85. The van der Waals surface area contributed by atoms with E-state index < -0.39 is 0 Å².